The van der Waals surface area contributed by atoms with Gasteiger partial charge in [-0.1, -0.05) is 0 Å². The molecule has 15 heavy (non-hydrogen) atoms. The van der Waals surface area contributed by atoms with Gasteiger partial charge in [0.2, 0.25) is 0 Å². The minimum absolute atomic E-state index is 0.0158. The van der Waals surface area contributed by atoms with Crippen LogP contribution in [0.5, 0.6) is 0 Å². The van der Waals surface area contributed by atoms with Crippen LogP contribution in [0.15, 0.2) is 0 Å². The van der Waals surface area contributed by atoms with E-state index < -0.39 is 11.7 Å². The fraction of sp³-hybridized carbons (Fsp3) is 0.800. The Morgan fingerprint density at radius 1 is 1.33 bits per heavy atom. The fourth-order valence-electron chi connectivity index (χ4n) is 0.909. The Balaban J connectivity index is 4.29. The van der Waals surface area contributed by atoms with Crippen molar-refractivity contribution in [2.45, 2.75) is 33.3 Å². The van der Waals surface area contributed by atoms with Gasteiger partial charge in [0.15, 0.2) is 5.78 Å². The van der Waals surface area contributed by atoms with Crippen LogP contribution in [0.3, 0.4) is 0 Å². The smallest absolute Gasteiger partial charge is 0.410 e. The number of nitrogens with zero attached hydrogens (tertiary/aromatic N) is 1. The highest BCUT2D eigenvalue weighted by Crippen LogP contribution is 2.09. The molecule has 0 aromatic carbocycles. The Morgan fingerprint density at radius 2 is 1.87 bits per heavy atom. The van der Waals surface area contributed by atoms with Crippen LogP contribution in [0.4, 0.5) is 4.79 Å². The monoisotopic (exact) mass is 216 g/mol. The molecule has 0 aromatic heterocycles. The number of hydrogen-bond donors (Lipinski definition) is 1. The molecular weight excluding hydrogens is 196 g/mol. The highest BCUT2D eigenvalue weighted by atomic mass is 16.6. The Morgan fingerprint density at radius 3 is 2.20 bits per heavy atom. The van der Waals surface area contributed by atoms with Crippen molar-refractivity contribution in [1.82, 2.24) is 4.90 Å². The van der Waals surface area contributed by atoms with E-state index in [4.69, 9.17) is 10.5 Å². The highest BCUT2D eigenvalue weighted by Gasteiger charge is 2.22. The zero-order valence-electron chi connectivity index (χ0n) is 9.87. The van der Waals surface area contributed by atoms with E-state index in [0.717, 1.165) is 0 Å². The predicted molar refractivity (Wildman–Crippen MR) is 57.5 cm³/mol. The van der Waals surface area contributed by atoms with Crippen molar-refractivity contribution in [2.75, 3.05) is 19.6 Å². The largest absolute Gasteiger partial charge is 0.444 e. The molecular formula is C10H20N2O3. The molecule has 0 saturated heterocycles. The number of hydrogen-bond acceptors (Lipinski definition) is 4. The van der Waals surface area contributed by atoms with E-state index in [9.17, 15) is 9.59 Å². The Hall–Kier alpha value is -1.10. The van der Waals surface area contributed by atoms with E-state index in [1.54, 1.807) is 27.7 Å². The third-order valence-corrected chi connectivity index (χ3v) is 1.63. The van der Waals surface area contributed by atoms with Crippen LogP contribution >= 0.6 is 0 Å². The van der Waals surface area contributed by atoms with E-state index >= 15 is 0 Å². The fourth-order valence-corrected chi connectivity index (χ4v) is 0.909. The van der Waals surface area contributed by atoms with E-state index in [1.807, 2.05) is 0 Å². The van der Waals surface area contributed by atoms with Gasteiger partial charge in [-0.2, -0.15) is 0 Å². The third-order valence-electron chi connectivity index (χ3n) is 1.63. The molecule has 0 spiro atoms. The quantitative estimate of drug-likeness (QED) is 0.753. The molecule has 0 atom stereocenters. The second-order valence-electron chi connectivity index (χ2n) is 4.24. The van der Waals surface area contributed by atoms with Crippen LogP contribution < -0.4 is 5.73 Å². The number of carbonyl (C=O) groups is 2. The average Bonchev–Trinajstić information content (AvgIpc) is 2.10. The molecule has 1 amide bonds. The maximum Gasteiger partial charge on any atom is 0.410 e. The summed E-state index contributed by atoms with van der Waals surface area (Å²) in [6, 6.07) is 0. The number of ether oxygens (including phenoxy) is 1. The Labute approximate surface area is 90.6 Å². The number of likely N-dealkylation sites (N-methyl/N-ethyl adjacent to an activating group) is 1. The van der Waals surface area contributed by atoms with Gasteiger partial charge in [-0.25, -0.2) is 4.79 Å². The van der Waals surface area contributed by atoms with Crippen molar-refractivity contribution in [3.8, 4) is 0 Å². The molecule has 0 aromatic rings. The standard InChI is InChI=1S/C10H20N2O3/c1-5-12(7-8(13)6-11)9(14)15-10(2,3)4/h5-7,11H2,1-4H3. The molecule has 88 valence electrons. The summed E-state index contributed by atoms with van der Waals surface area (Å²) >= 11 is 0. The zero-order chi connectivity index (χ0) is 12.1. The summed E-state index contributed by atoms with van der Waals surface area (Å²) in [4.78, 5) is 24.0. The van der Waals surface area contributed by atoms with Gasteiger partial charge < -0.3 is 15.4 Å². The molecule has 0 saturated carbocycles. The number of rotatable bonds is 4. The SMILES string of the molecule is CCN(CC(=O)CN)C(=O)OC(C)(C)C. The normalized spacial score (nSPS) is 11.0. The van der Waals surface area contributed by atoms with Crippen LogP contribution in [0.2, 0.25) is 0 Å². The lowest BCUT2D eigenvalue weighted by Gasteiger charge is -2.25. The predicted octanol–water partition coefficient (Wildman–Crippen LogP) is 0.771. The van der Waals surface area contributed by atoms with Gasteiger partial charge in [-0.15, -0.1) is 0 Å². The molecule has 5 nitrogen and oxygen atoms in total. The summed E-state index contributed by atoms with van der Waals surface area (Å²) in [5.41, 5.74) is 4.63. The van der Waals surface area contributed by atoms with Gasteiger partial charge in [0.1, 0.15) is 5.60 Å². The van der Waals surface area contributed by atoms with Gasteiger partial charge in [0.05, 0.1) is 13.1 Å². The minimum Gasteiger partial charge on any atom is -0.444 e. The number of carbonyl (C=O) groups excluding carboxylic acids is 2. The van der Waals surface area contributed by atoms with Crippen molar-refractivity contribution in [3.63, 3.8) is 0 Å². The minimum atomic E-state index is -0.545. The molecule has 0 unspecified atom stereocenters. The highest BCUT2D eigenvalue weighted by molar-refractivity contribution is 5.85. The lowest BCUT2D eigenvalue weighted by atomic mass is 10.2. The topological polar surface area (TPSA) is 72.6 Å². The van der Waals surface area contributed by atoms with Crippen LogP contribution in [0.1, 0.15) is 27.7 Å². The summed E-state index contributed by atoms with van der Waals surface area (Å²) in [7, 11) is 0. The van der Waals surface area contributed by atoms with Gasteiger partial charge in [0.25, 0.3) is 0 Å². The molecule has 0 radical (unpaired) electrons. The van der Waals surface area contributed by atoms with Crippen LogP contribution in [0, 0.1) is 0 Å². The van der Waals surface area contributed by atoms with Crippen LogP contribution in [0.25, 0.3) is 0 Å². The summed E-state index contributed by atoms with van der Waals surface area (Å²) in [6.07, 6.45) is -0.480. The first-order valence-electron chi connectivity index (χ1n) is 5.00. The Kier molecular flexibility index (Phi) is 5.28. The second-order valence-corrected chi connectivity index (χ2v) is 4.24. The maximum absolute atomic E-state index is 11.6. The van der Waals surface area contributed by atoms with E-state index in [1.165, 1.54) is 4.90 Å². The first-order valence-corrected chi connectivity index (χ1v) is 5.00. The van der Waals surface area contributed by atoms with Crippen molar-refractivity contribution >= 4 is 11.9 Å². The van der Waals surface area contributed by atoms with E-state index in [2.05, 4.69) is 0 Å². The van der Waals surface area contributed by atoms with Crippen molar-refractivity contribution in [3.05, 3.63) is 0 Å². The van der Waals surface area contributed by atoms with Crippen molar-refractivity contribution in [1.29, 1.82) is 0 Å². The van der Waals surface area contributed by atoms with Gasteiger partial charge in [-0.3, -0.25) is 4.79 Å². The van der Waals surface area contributed by atoms with E-state index in [-0.39, 0.29) is 18.9 Å². The van der Waals surface area contributed by atoms with E-state index in [0.29, 0.717) is 6.54 Å². The van der Waals surface area contributed by atoms with Gasteiger partial charge in [-0.05, 0) is 27.7 Å². The van der Waals surface area contributed by atoms with Crippen LogP contribution in [-0.4, -0.2) is 42.0 Å². The van der Waals surface area contributed by atoms with Crippen LogP contribution in [-0.2, 0) is 9.53 Å². The first kappa shape index (κ1) is 13.9. The lowest BCUT2D eigenvalue weighted by molar-refractivity contribution is -0.118. The summed E-state index contributed by atoms with van der Waals surface area (Å²) in [6.45, 7) is 7.52. The molecule has 0 bridgehead atoms. The molecule has 0 heterocycles. The molecule has 0 aliphatic heterocycles. The van der Waals surface area contributed by atoms with Crippen molar-refractivity contribution in [2.24, 2.45) is 5.73 Å². The lowest BCUT2D eigenvalue weighted by Crippen LogP contribution is -2.41. The molecule has 0 fully saturated rings. The summed E-state index contributed by atoms with van der Waals surface area (Å²) < 4.78 is 5.13. The Bertz CT molecular complexity index is 233. The third kappa shape index (κ3) is 6.06. The molecule has 0 aliphatic rings. The van der Waals surface area contributed by atoms with Crippen molar-refractivity contribution < 1.29 is 14.3 Å². The number of ketones is 1. The summed E-state index contributed by atoms with van der Waals surface area (Å²) in [5.74, 6) is -0.178. The molecule has 0 aliphatic carbocycles. The number of Topliss-reactive ketones (excluding diaryl/α,β-unsaturated/α-hetero) is 1. The molecule has 5 heteroatoms. The zero-order valence-corrected chi connectivity index (χ0v) is 9.87. The molecule has 2 N–H and O–H groups in total. The second kappa shape index (κ2) is 5.70. The van der Waals surface area contributed by atoms with Gasteiger partial charge in [0, 0.05) is 6.54 Å². The average molecular weight is 216 g/mol. The number of amides is 1. The maximum atomic E-state index is 11.6. The molecule has 0 rings (SSSR count). The van der Waals surface area contributed by atoms with Gasteiger partial charge >= 0.3 is 6.09 Å². The first-order chi connectivity index (χ1) is 6.80. The summed E-state index contributed by atoms with van der Waals surface area (Å²) in [5, 5.41) is 0. The number of nitrogens with two attached hydrogens (primary N) is 1.